The molecule has 2 aromatic heterocycles. The number of benzene rings is 1. The van der Waals surface area contributed by atoms with E-state index in [0.29, 0.717) is 5.71 Å². The van der Waals surface area contributed by atoms with Gasteiger partial charge in [-0.2, -0.15) is 0 Å². The van der Waals surface area contributed by atoms with Gasteiger partial charge in [0.2, 0.25) is 0 Å². The van der Waals surface area contributed by atoms with Gasteiger partial charge in [-0.05, 0) is 59.7 Å². The average molecular weight is 395 g/mol. The third-order valence-electron chi connectivity index (χ3n) is 4.46. The van der Waals surface area contributed by atoms with Gasteiger partial charge in [-0.15, -0.1) is 10.2 Å². The van der Waals surface area contributed by atoms with E-state index in [2.05, 4.69) is 31.3 Å². The van der Waals surface area contributed by atoms with Crippen molar-refractivity contribution in [2.45, 2.75) is 46.3 Å². The summed E-state index contributed by atoms with van der Waals surface area (Å²) in [7, 11) is 0. The summed E-state index contributed by atoms with van der Waals surface area (Å²) < 4.78 is 18.7. The van der Waals surface area contributed by atoms with E-state index in [-0.39, 0.29) is 0 Å². The van der Waals surface area contributed by atoms with Gasteiger partial charge in [0.1, 0.15) is 21.8 Å². The minimum absolute atomic E-state index is 0.426. The summed E-state index contributed by atoms with van der Waals surface area (Å²) in [4.78, 5) is 0. The van der Waals surface area contributed by atoms with Crippen molar-refractivity contribution < 1.29 is 4.55 Å². The third kappa shape index (κ3) is 4.18. The molecule has 5 nitrogen and oxygen atoms in total. The van der Waals surface area contributed by atoms with Crippen molar-refractivity contribution in [1.29, 1.82) is 0 Å². The summed E-state index contributed by atoms with van der Waals surface area (Å²) in [5, 5.41) is 9.00. The van der Waals surface area contributed by atoms with Gasteiger partial charge in [-0.1, -0.05) is 34.7 Å². The molecule has 0 saturated carbocycles. The zero-order valence-electron chi connectivity index (χ0n) is 17.2. The van der Waals surface area contributed by atoms with Crippen LogP contribution in [-0.2, 0) is 11.4 Å². The first kappa shape index (κ1) is 20.3. The lowest BCUT2D eigenvalue weighted by Crippen LogP contribution is -2.27. The molecule has 0 N–H and O–H groups in total. The molecule has 0 spiro atoms. The third-order valence-corrected chi connectivity index (χ3v) is 5.95. The molecule has 1 aromatic carbocycles. The first-order chi connectivity index (χ1) is 13.2. The largest absolute Gasteiger partial charge is 0.591 e. The summed E-state index contributed by atoms with van der Waals surface area (Å²) in [6.45, 7) is 11.7. The van der Waals surface area contributed by atoms with Crippen LogP contribution in [-0.4, -0.2) is 29.8 Å². The first-order valence-electron chi connectivity index (χ1n) is 9.24. The topological polar surface area (TPSA) is 66.1 Å². The Bertz CT molecular complexity index is 984. The number of rotatable bonds is 4. The average Bonchev–Trinajstić information content (AvgIpc) is 2.99. The van der Waals surface area contributed by atoms with Crippen LogP contribution in [0.15, 0.2) is 52.9 Å². The Balaban J connectivity index is 2.19. The molecule has 1 unspecified atom stereocenters. The van der Waals surface area contributed by atoms with Crippen molar-refractivity contribution in [3.63, 3.8) is 0 Å². The lowest BCUT2D eigenvalue weighted by atomic mass is 10.0. The van der Waals surface area contributed by atoms with E-state index >= 15 is 0 Å². The van der Waals surface area contributed by atoms with Gasteiger partial charge in [0.25, 0.3) is 0 Å². The van der Waals surface area contributed by atoms with Gasteiger partial charge in [0.05, 0.1) is 5.71 Å². The molecule has 0 aliphatic carbocycles. The molecule has 0 bridgehead atoms. The lowest BCUT2D eigenvalue weighted by molar-refractivity contribution is 0.561. The minimum Gasteiger partial charge on any atom is -0.591 e. The van der Waals surface area contributed by atoms with Crippen molar-refractivity contribution in [1.82, 2.24) is 14.8 Å². The standard InChI is InChI=1S/C22H26N4OS/c1-15-12-13-16(2)26(15)20-14-19(17(3)25-28(27)22(4,5)6)21(24-23-20)18-10-8-7-9-11-18/h7-14H,1-6H3. The highest BCUT2D eigenvalue weighted by atomic mass is 32.2. The van der Waals surface area contributed by atoms with E-state index in [1.165, 1.54) is 0 Å². The van der Waals surface area contributed by atoms with Gasteiger partial charge < -0.3 is 9.12 Å². The Morgan fingerprint density at radius 2 is 1.61 bits per heavy atom. The number of hydrogen-bond acceptors (Lipinski definition) is 4. The number of aromatic nitrogens is 3. The second-order valence-electron chi connectivity index (χ2n) is 7.82. The molecule has 3 aromatic rings. The highest BCUT2D eigenvalue weighted by Crippen LogP contribution is 2.26. The fraction of sp³-hybridized carbons (Fsp3) is 0.318. The van der Waals surface area contributed by atoms with Crippen LogP contribution in [0, 0.1) is 13.8 Å². The molecular formula is C22H26N4OS. The van der Waals surface area contributed by atoms with E-state index in [1.54, 1.807) is 0 Å². The maximum atomic E-state index is 12.6. The maximum Gasteiger partial charge on any atom is 0.160 e. The fourth-order valence-corrected chi connectivity index (χ4v) is 3.54. The number of nitrogens with zero attached hydrogens (tertiary/aromatic N) is 4. The quantitative estimate of drug-likeness (QED) is 0.470. The molecule has 0 saturated heterocycles. The van der Waals surface area contributed by atoms with E-state index < -0.39 is 16.1 Å². The second kappa shape index (κ2) is 7.89. The molecule has 2 heterocycles. The molecule has 0 fully saturated rings. The number of aryl methyl sites for hydroxylation is 2. The van der Waals surface area contributed by atoms with Gasteiger partial charge in [-0.25, -0.2) is 0 Å². The number of hydrogen-bond donors (Lipinski definition) is 0. The summed E-state index contributed by atoms with van der Waals surface area (Å²) in [5.41, 5.74) is 5.37. The fourth-order valence-electron chi connectivity index (χ4n) is 2.92. The van der Waals surface area contributed by atoms with Crippen LogP contribution in [0.4, 0.5) is 0 Å². The molecule has 1 atom stereocenters. The van der Waals surface area contributed by atoms with Crippen LogP contribution < -0.4 is 0 Å². The van der Waals surface area contributed by atoms with Gasteiger partial charge in [0, 0.05) is 22.5 Å². The molecule has 146 valence electrons. The Kier molecular flexibility index (Phi) is 5.72. The van der Waals surface area contributed by atoms with E-state index in [1.807, 2.05) is 77.9 Å². The predicted octanol–water partition coefficient (Wildman–Crippen LogP) is 4.82. The summed E-state index contributed by atoms with van der Waals surface area (Å²) in [6.07, 6.45) is 0. The van der Waals surface area contributed by atoms with Gasteiger partial charge >= 0.3 is 0 Å². The van der Waals surface area contributed by atoms with Crippen molar-refractivity contribution in [2.75, 3.05) is 0 Å². The molecule has 6 heteroatoms. The van der Waals surface area contributed by atoms with Crippen LogP contribution in [0.5, 0.6) is 0 Å². The predicted molar refractivity (Wildman–Crippen MR) is 116 cm³/mol. The van der Waals surface area contributed by atoms with E-state index in [4.69, 9.17) is 0 Å². The SMILES string of the molecule is CC(=N[S+]([O-])C(C)(C)C)c1cc(-n2c(C)ccc2C)nnc1-c1ccccc1. The Labute approximate surface area is 169 Å². The van der Waals surface area contributed by atoms with Crippen LogP contribution in [0.2, 0.25) is 0 Å². The molecule has 0 aliphatic rings. The van der Waals surface area contributed by atoms with E-state index in [9.17, 15) is 4.55 Å². The Morgan fingerprint density at radius 1 is 1.00 bits per heavy atom. The summed E-state index contributed by atoms with van der Waals surface area (Å²) >= 11 is -1.35. The maximum absolute atomic E-state index is 12.6. The smallest absolute Gasteiger partial charge is 0.160 e. The lowest BCUT2D eigenvalue weighted by Gasteiger charge is -2.19. The molecule has 3 rings (SSSR count). The molecule has 28 heavy (non-hydrogen) atoms. The Morgan fingerprint density at radius 3 is 2.18 bits per heavy atom. The van der Waals surface area contributed by atoms with Crippen LogP contribution >= 0.6 is 0 Å². The zero-order valence-corrected chi connectivity index (χ0v) is 18.0. The van der Waals surface area contributed by atoms with Crippen LogP contribution in [0.3, 0.4) is 0 Å². The van der Waals surface area contributed by atoms with E-state index in [0.717, 1.165) is 34.0 Å². The highest BCUT2D eigenvalue weighted by molar-refractivity contribution is 7.91. The van der Waals surface area contributed by atoms with Gasteiger partial charge in [-0.3, -0.25) is 0 Å². The normalized spacial score (nSPS) is 13.6. The van der Waals surface area contributed by atoms with Gasteiger partial charge in [0.15, 0.2) is 5.82 Å². The second-order valence-corrected chi connectivity index (χ2v) is 9.73. The molecule has 0 aliphatic heterocycles. The minimum atomic E-state index is -1.35. The molecular weight excluding hydrogens is 368 g/mol. The summed E-state index contributed by atoms with van der Waals surface area (Å²) in [6, 6.07) is 16.0. The van der Waals surface area contributed by atoms with Crippen molar-refractivity contribution in [3.8, 4) is 17.1 Å². The monoisotopic (exact) mass is 394 g/mol. The van der Waals surface area contributed by atoms with Crippen molar-refractivity contribution in [3.05, 3.63) is 65.5 Å². The zero-order chi connectivity index (χ0) is 20.5. The van der Waals surface area contributed by atoms with Crippen molar-refractivity contribution >= 4 is 17.1 Å². The Hall–Kier alpha value is -2.44. The summed E-state index contributed by atoms with van der Waals surface area (Å²) in [5.74, 6) is 0.728. The molecule has 0 amide bonds. The highest BCUT2D eigenvalue weighted by Gasteiger charge is 2.27. The van der Waals surface area contributed by atoms with Crippen LogP contribution in [0.25, 0.3) is 17.1 Å². The molecule has 0 radical (unpaired) electrons. The van der Waals surface area contributed by atoms with Crippen LogP contribution in [0.1, 0.15) is 44.6 Å². The van der Waals surface area contributed by atoms with Crippen molar-refractivity contribution in [2.24, 2.45) is 4.40 Å². The first-order valence-corrected chi connectivity index (χ1v) is 10.4.